The fraction of sp³-hybridized carbons (Fsp3) is 0.389. The van der Waals surface area contributed by atoms with Crippen molar-refractivity contribution in [2.45, 2.75) is 20.8 Å². The van der Waals surface area contributed by atoms with Gasteiger partial charge in [0.2, 0.25) is 0 Å². The molecule has 23 heavy (non-hydrogen) atoms. The summed E-state index contributed by atoms with van der Waals surface area (Å²) in [5.74, 6) is 0.644. The molecule has 5 heteroatoms. The fourth-order valence-electron chi connectivity index (χ4n) is 2.21. The molecule has 1 aromatic carbocycles. The normalized spacial score (nSPS) is 9.87. The van der Waals surface area contributed by atoms with E-state index in [1.54, 1.807) is 14.2 Å². The van der Waals surface area contributed by atoms with Crippen LogP contribution in [0.25, 0.3) is 11.3 Å². The molecular formula is C18H26N2O3. The number of amides is 1. The molecule has 5 nitrogen and oxygen atoms in total. The smallest absolute Gasteiger partial charge is 0.278 e. The Bertz CT molecular complexity index is 645. The molecule has 2 aromatic rings. The van der Waals surface area contributed by atoms with E-state index in [1.165, 1.54) is 12.2 Å². The van der Waals surface area contributed by atoms with Crippen molar-refractivity contribution in [3.63, 3.8) is 0 Å². The average Bonchev–Trinajstić information content (AvgIpc) is 2.91. The van der Waals surface area contributed by atoms with Gasteiger partial charge in [0.25, 0.3) is 5.91 Å². The minimum atomic E-state index is -0.162. The van der Waals surface area contributed by atoms with Crippen LogP contribution in [-0.4, -0.2) is 36.8 Å². The Morgan fingerprint density at radius 3 is 2.17 bits per heavy atom. The third kappa shape index (κ3) is 3.93. The van der Waals surface area contributed by atoms with Crippen LogP contribution in [0.15, 0.2) is 30.3 Å². The van der Waals surface area contributed by atoms with Crippen LogP contribution in [0.1, 0.15) is 29.9 Å². The summed E-state index contributed by atoms with van der Waals surface area (Å²) >= 11 is 0. The van der Waals surface area contributed by atoms with Crippen molar-refractivity contribution in [1.29, 1.82) is 0 Å². The minimum Gasteiger partial charge on any atom is -0.497 e. The maximum atomic E-state index is 12.3. The van der Waals surface area contributed by atoms with E-state index in [1.807, 2.05) is 62.7 Å². The zero-order valence-electron chi connectivity index (χ0n) is 15.0. The summed E-state index contributed by atoms with van der Waals surface area (Å²) in [7, 11) is 6.65. The number of hydrogen-bond acceptors (Lipinski definition) is 3. The highest BCUT2D eigenvalue weighted by Crippen LogP contribution is 2.27. The van der Waals surface area contributed by atoms with Gasteiger partial charge < -0.3 is 9.30 Å². The van der Waals surface area contributed by atoms with Crippen LogP contribution < -0.4 is 4.74 Å². The molecule has 1 aromatic heterocycles. The molecule has 0 aliphatic heterocycles. The lowest BCUT2D eigenvalue weighted by Crippen LogP contribution is -2.25. The lowest BCUT2D eigenvalue weighted by Gasteiger charge is -2.13. The van der Waals surface area contributed by atoms with Gasteiger partial charge in [-0.1, -0.05) is 13.8 Å². The SMILES string of the molecule is CC.COc1ccc(-c2cc(C(=O)N(C)OC)c(C)n2C)cc1. The summed E-state index contributed by atoms with van der Waals surface area (Å²) in [4.78, 5) is 17.2. The second-order valence-corrected chi connectivity index (χ2v) is 4.80. The molecule has 0 radical (unpaired) electrons. The van der Waals surface area contributed by atoms with E-state index in [-0.39, 0.29) is 5.91 Å². The second-order valence-electron chi connectivity index (χ2n) is 4.80. The van der Waals surface area contributed by atoms with Crippen molar-refractivity contribution in [3.8, 4) is 17.0 Å². The van der Waals surface area contributed by atoms with Crippen LogP contribution in [0, 0.1) is 6.92 Å². The van der Waals surface area contributed by atoms with E-state index < -0.39 is 0 Å². The van der Waals surface area contributed by atoms with E-state index in [9.17, 15) is 4.79 Å². The van der Waals surface area contributed by atoms with E-state index >= 15 is 0 Å². The molecule has 0 N–H and O–H groups in total. The Labute approximate surface area is 138 Å². The van der Waals surface area contributed by atoms with Crippen molar-refractivity contribution in [2.24, 2.45) is 7.05 Å². The van der Waals surface area contributed by atoms with E-state index in [2.05, 4.69) is 0 Å². The number of carbonyl (C=O) groups is 1. The van der Waals surface area contributed by atoms with Gasteiger partial charge in [-0.05, 0) is 42.8 Å². The maximum absolute atomic E-state index is 12.3. The molecule has 0 fully saturated rings. The molecule has 0 saturated carbocycles. The van der Waals surface area contributed by atoms with Gasteiger partial charge in [0, 0.05) is 25.5 Å². The maximum Gasteiger partial charge on any atom is 0.278 e. The molecule has 126 valence electrons. The molecule has 0 unspecified atom stereocenters. The van der Waals surface area contributed by atoms with Gasteiger partial charge in [0.05, 0.1) is 19.8 Å². The van der Waals surface area contributed by atoms with E-state index in [0.29, 0.717) is 5.56 Å². The summed E-state index contributed by atoms with van der Waals surface area (Å²) in [6, 6.07) is 9.64. The van der Waals surface area contributed by atoms with Gasteiger partial charge in [0.15, 0.2) is 0 Å². The monoisotopic (exact) mass is 318 g/mol. The van der Waals surface area contributed by atoms with E-state index in [4.69, 9.17) is 9.57 Å². The predicted molar refractivity (Wildman–Crippen MR) is 92.6 cm³/mol. The van der Waals surface area contributed by atoms with Gasteiger partial charge >= 0.3 is 0 Å². The number of hydrogen-bond donors (Lipinski definition) is 0. The molecule has 0 bridgehead atoms. The second kappa shape index (κ2) is 8.39. The summed E-state index contributed by atoms with van der Waals surface area (Å²) < 4.78 is 7.16. The first-order valence-corrected chi connectivity index (χ1v) is 7.62. The largest absolute Gasteiger partial charge is 0.497 e. The lowest BCUT2D eigenvalue weighted by atomic mass is 10.1. The topological polar surface area (TPSA) is 43.7 Å². The zero-order valence-corrected chi connectivity index (χ0v) is 15.0. The number of benzene rings is 1. The third-order valence-electron chi connectivity index (χ3n) is 3.71. The predicted octanol–water partition coefficient (Wildman–Crippen LogP) is 3.67. The first-order chi connectivity index (χ1) is 11.0. The molecule has 0 aliphatic carbocycles. The number of carbonyl (C=O) groups excluding carboxylic acids is 1. The molecule has 1 heterocycles. The lowest BCUT2D eigenvalue weighted by molar-refractivity contribution is -0.0757. The van der Waals surface area contributed by atoms with Crippen molar-refractivity contribution >= 4 is 5.91 Å². The molecule has 0 spiro atoms. The molecule has 0 saturated heterocycles. The molecule has 1 amide bonds. The summed E-state index contributed by atoms with van der Waals surface area (Å²) in [5.41, 5.74) is 3.53. The Kier molecular flexibility index (Phi) is 6.85. The van der Waals surface area contributed by atoms with Crippen LogP contribution in [0.4, 0.5) is 0 Å². The Hall–Kier alpha value is -2.27. The van der Waals surface area contributed by atoms with E-state index in [0.717, 1.165) is 22.7 Å². The average molecular weight is 318 g/mol. The standard InChI is InChI=1S/C16H20N2O3.C2H6/c1-11-14(16(19)18(3)21-5)10-15(17(11)2)12-6-8-13(20-4)9-7-12;1-2/h6-10H,1-5H3;1-2H3. The fourth-order valence-corrected chi connectivity index (χ4v) is 2.21. The summed E-state index contributed by atoms with van der Waals surface area (Å²) in [6.45, 7) is 5.92. The van der Waals surface area contributed by atoms with Crippen molar-refractivity contribution in [1.82, 2.24) is 9.63 Å². The van der Waals surface area contributed by atoms with Crippen molar-refractivity contribution in [3.05, 3.63) is 41.6 Å². The Morgan fingerprint density at radius 1 is 1.13 bits per heavy atom. The molecular weight excluding hydrogens is 292 g/mol. The highest BCUT2D eigenvalue weighted by atomic mass is 16.7. The van der Waals surface area contributed by atoms with Crippen LogP contribution in [-0.2, 0) is 11.9 Å². The highest BCUT2D eigenvalue weighted by molar-refractivity contribution is 5.96. The number of rotatable bonds is 4. The highest BCUT2D eigenvalue weighted by Gasteiger charge is 2.19. The van der Waals surface area contributed by atoms with Crippen LogP contribution >= 0.6 is 0 Å². The van der Waals surface area contributed by atoms with Gasteiger partial charge in [0.1, 0.15) is 5.75 Å². The molecule has 2 rings (SSSR count). The quantitative estimate of drug-likeness (QED) is 0.808. The number of hydroxylamine groups is 2. The van der Waals surface area contributed by atoms with Gasteiger partial charge in [-0.3, -0.25) is 9.63 Å². The number of methoxy groups -OCH3 is 1. The van der Waals surface area contributed by atoms with Crippen LogP contribution in [0.5, 0.6) is 5.75 Å². The van der Waals surface area contributed by atoms with Gasteiger partial charge in [-0.25, -0.2) is 5.06 Å². The zero-order chi connectivity index (χ0) is 17.6. The Morgan fingerprint density at radius 2 is 1.70 bits per heavy atom. The minimum absolute atomic E-state index is 0.162. The Balaban J connectivity index is 0.00000127. The third-order valence-corrected chi connectivity index (χ3v) is 3.71. The molecule has 0 aliphatic rings. The van der Waals surface area contributed by atoms with Crippen molar-refractivity contribution < 1.29 is 14.4 Å². The first-order valence-electron chi connectivity index (χ1n) is 7.62. The number of ether oxygens (including phenoxy) is 1. The number of aromatic nitrogens is 1. The summed E-state index contributed by atoms with van der Waals surface area (Å²) in [6.07, 6.45) is 0. The molecule has 0 atom stereocenters. The van der Waals surface area contributed by atoms with Gasteiger partial charge in [-0.2, -0.15) is 0 Å². The summed E-state index contributed by atoms with van der Waals surface area (Å²) in [5, 5.41) is 1.22. The van der Waals surface area contributed by atoms with Crippen LogP contribution in [0.2, 0.25) is 0 Å². The number of nitrogens with zero attached hydrogens (tertiary/aromatic N) is 2. The first kappa shape index (κ1) is 18.8. The van der Waals surface area contributed by atoms with Crippen molar-refractivity contribution in [2.75, 3.05) is 21.3 Å². The van der Waals surface area contributed by atoms with Gasteiger partial charge in [-0.15, -0.1) is 0 Å². The van der Waals surface area contributed by atoms with Crippen LogP contribution in [0.3, 0.4) is 0 Å².